The third-order valence-corrected chi connectivity index (χ3v) is 2.90. The molecule has 0 saturated carbocycles. The summed E-state index contributed by atoms with van der Waals surface area (Å²) >= 11 is 0. The van der Waals surface area contributed by atoms with Crippen LogP contribution in [-0.4, -0.2) is 29.4 Å². The van der Waals surface area contributed by atoms with Crippen molar-refractivity contribution in [1.29, 1.82) is 0 Å². The van der Waals surface area contributed by atoms with Gasteiger partial charge in [0, 0.05) is 6.20 Å². The largest absolute Gasteiger partial charge is 0.351 e. The minimum absolute atomic E-state index is 0.243. The maximum Gasteiger partial charge on any atom is 0.326 e. The number of nitrogens with zero attached hydrogens (tertiary/aromatic N) is 2. The molecule has 2 amide bonds. The van der Waals surface area contributed by atoms with Crippen LogP contribution in [0.1, 0.15) is 0 Å². The van der Waals surface area contributed by atoms with Crippen LogP contribution in [0.5, 0.6) is 0 Å². The number of carbonyl (C=O) groups is 1. The molecule has 2 aromatic heterocycles. The van der Waals surface area contributed by atoms with E-state index in [9.17, 15) is 13.2 Å². The number of aromatic nitrogens is 3. The van der Waals surface area contributed by atoms with Gasteiger partial charge in [-0.1, -0.05) is 0 Å². The summed E-state index contributed by atoms with van der Waals surface area (Å²) in [6.45, 7) is 0. The Labute approximate surface area is 89.9 Å². The zero-order chi connectivity index (χ0) is 11.8. The van der Waals surface area contributed by atoms with Gasteiger partial charge in [0.15, 0.2) is 5.65 Å². The molecule has 8 nitrogen and oxygen atoms in total. The Hall–Kier alpha value is -2.16. The zero-order valence-electron chi connectivity index (χ0n) is 7.84. The molecule has 9 heteroatoms. The maximum absolute atomic E-state index is 11.5. The summed E-state index contributed by atoms with van der Waals surface area (Å²) in [4.78, 5) is 20.5. The van der Waals surface area contributed by atoms with Gasteiger partial charge in [-0.15, -0.1) is 0 Å². The lowest BCUT2D eigenvalue weighted by molar-refractivity contribution is 0.253. The first-order valence-electron chi connectivity index (χ1n) is 4.12. The lowest BCUT2D eigenvalue weighted by Gasteiger charge is -1.98. The number of amides is 2. The van der Waals surface area contributed by atoms with E-state index in [0.717, 1.165) is 0 Å². The minimum Gasteiger partial charge on any atom is -0.351 e. The maximum atomic E-state index is 11.5. The Morgan fingerprint density at radius 1 is 1.50 bits per heavy atom. The van der Waals surface area contributed by atoms with Gasteiger partial charge in [-0.05, 0) is 12.1 Å². The van der Waals surface area contributed by atoms with Crippen molar-refractivity contribution in [1.82, 2.24) is 19.7 Å². The number of primary amides is 1. The van der Waals surface area contributed by atoms with Crippen LogP contribution in [0.2, 0.25) is 0 Å². The Kier molecular flexibility index (Phi) is 2.23. The fourth-order valence-corrected chi connectivity index (χ4v) is 1.94. The number of sulfonamides is 1. The molecule has 0 spiro atoms. The van der Waals surface area contributed by atoms with Crippen molar-refractivity contribution in [3.63, 3.8) is 0 Å². The molecule has 2 heterocycles. The average Bonchev–Trinajstić information content (AvgIpc) is 2.59. The summed E-state index contributed by atoms with van der Waals surface area (Å²) < 4.78 is 24.5. The van der Waals surface area contributed by atoms with Crippen LogP contribution in [0.4, 0.5) is 4.79 Å². The minimum atomic E-state index is -4.05. The molecule has 4 N–H and O–H groups in total. The first-order chi connectivity index (χ1) is 7.49. The van der Waals surface area contributed by atoms with Crippen LogP contribution < -0.4 is 10.5 Å². The molecule has 0 aliphatic carbocycles. The molecule has 16 heavy (non-hydrogen) atoms. The fraction of sp³-hybridized carbons (Fsp3) is 0. The molecule has 0 fully saturated rings. The van der Waals surface area contributed by atoms with Crippen molar-refractivity contribution in [3.05, 3.63) is 18.3 Å². The molecule has 0 bridgehead atoms. The number of hydrogen-bond acceptors (Lipinski definition) is 5. The summed E-state index contributed by atoms with van der Waals surface area (Å²) in [7, 11) is -4.05. The topological polar surface area (TPSA) is 131 Å². The predicted molar refractivity (Wildman–Crippen MR) is 53.8 cm³/mol. The highest BCUT2D eigenvalue weighted by molar-refractivity contribution is 7.89. The number of H-pyrrole nitrogens is 1. The summed E-state index contributed by atoms with van der Waals surface area (Å²) in [6, 6.07) is 2.06. The van der Waals surface area contributed by atoms with Crippen molar-refractivity contribution >= 4 is 27.2 Å². The van der Waals surface area contributed by atoms with E-state index in [4.69, 9.17) is 5.73 Å². The molecule has 0 atom stereocenters. The highest BCUT2D eigenvalue weighted by Gasteiger charge is 2.20. The van der Waals surface area contributed by atoms with Crippen LogP contribution in [-0.2, 0) is 10.0 Å². The molecular formula is C7H7N5O3S. The molecule has 0 aliphatic rings. The van der Waals surface area contributed by atoms with E-state index in [-0.39, 0.29) is 5.65 Å². The van der Waals surface area contributed by atoms with Gasteiger partial charge in [0.25, 0.3) is 10.0 Å². The first kappa shape index (κ1) is 10.4. The van der Waals surface area contributed by atoms with Gasteiger partial charge in [0.2, 0.25) is 5.16 Å². The van der Waals surface area contributed by atoms with Crippen LogP contribution >= 0.6 is 0 Å². The summed E-state index contributed by atoms with van der Waals surface area (Å²) in [5, 5.41) is -0.403. The van der Waals surface area contributed by atoms with Gasteiger partial charge in [-0.3, -0.25) is 0 Å². The van der Waals surface area contributed by atoms with Crippen molar-refractivity contribution in [2.45, 2.75) is 5.16 Å². The number of imidazole rings is 1. The van der Waals surface area contributed by atoms with E-state index < -0.39 is 21.2 Å². The van der Waals surface area contributed by atoms with Crippen molar-refractivity contribution in [3.8, 4) is 0 Å². The fourth-order valence-electron chi connectivity index (χ4n) is 1.13. The van der Waals surface area contributed by atoms with E-state index >= 15 is 0 Å². The number of rotatable bonds is 2. The zero-order valence-corrected chi connectivity index (χ0v) is 8.65. The second-order valence-electron chi connectivity index (χ2n) is 2.89. The molecule has 0 aromatic carbocycles. The second kappa shape index (κ2) is 3.45. The molecule has 2 rings (SSSR count). The third-order valence-electron chi connectivity index (χ3n) is 1.73. The molecular weight excluding hydrogens is 234 g/mol. The standard InChI is InChI=1S/C7H7N5O3S/c8-6(13)12-16(14,15)7-10-4-2-1-3-9-5(4)11-7/h1-3H,(H3,8,12,13)(H,9,10,11). The van der Waals surface area contributed by atoms with Crippen LogP contribution in [0.25, 0.3) is 11.2 Å². The second-order valence-corrected chi connectivity index (χ2v) is 4.48. The lowest BCUT2D eigenvalue weighted by atomic mass is 10.4. The number of fused-ring (bicyclic) bond motifs is 1. The Morgan fingerprint density at radius 2 is 2.25 bits per heavy atom. The van der Waals surface area contributed by atoms with Gasteiger partial charge in [0.05, 0.1) is 5.52 Å². The highest BCUT2D eigenvalue weighted by atomic mass is 32.2. The van der Waals surface area contributed by atoms with Crippen LogP contribution in [0, 0.1) is 0 Å². The van der Waals surface area contributed by atoms with Gasteiger partial charge < -0.3 is 10.7 Å². The molecule has 0 aliphatic heterocycles. The Morgan fingerprint density at radius 3 is 2.88 bits per heavy atom. The average molecular weight is 241 g/mol. The Bertz CT molecular complexity index is 614. The highest BCUT2D eigenvalue weighted by Crippen LogP contribution is 2.10. The van der Waals surface area contributed by atoms with E-state index in [1.54, 1.807) is 16.9 Å². The molecule has 2 aromatic rings. The SMILES string of the molecule is NC(=O)NS(=O)(=O)c1nc2ncccc2[nH]1. The van der Waals surface area contributed by atoms with E-state index in [0.29, 0.717) is 5.52 Å². The third kappa shape index (κ3) is 1.80. The number of nitrogens with two attached hydrogens (primary N) is 1. The number of urea groups is 1. The first-order valence-corrected chi connectivity index (χ1v) is 5.60. The predicted octanol–water partition coefficient (Wildman–Crippen LogP) is -0.685. The number of hydrogen-bond donors (Lipinski definition) is 3. The van der Waals surface area contributed by atoms with Gasteiger partial charge in [-0.2, -0.15) is 13.4 Å². The molecule has 0 unspecified atom stereocenters. The number of pyridine rings is 1. The lowest BCUT2D eigenvalue weighted by Crippen LogP contribution is -2.35. The smallest absolute Gasteiger partial charge is 0.326 e. The van der Waals surface area contributed by atoms with Crippen molar-refractivity contribution < 1.29 is 13.2 Å². The van der Waals surface area contributed by atoms with Gasteiger partial charge in [-0.25, -0.2) is 14.5 Å². The van der Waals surface area contributed by atoms with E-state index in [1.807, 2.05) is 0 Å². The molecule has 0 saturated heterocycles. The van der Waals surface area contributed by atoms with Crippen LogP contribution in [0.3, 0.4) is 0 Å². The summed E-state index contributed by atoms with van der Waals surface area (Å²) in [6.07, 6.45) is 1.47. The van der Waals surface area contributed by atoms with Gasteiger partial charge >= 0.3 is 6.03 Å². The van der Waals surface area contributed by atoms with E-state index in [1.165, 1.54) is 6.20 Å². The van der Waals surface area contributed by atoms with Crippen LogP contribution in [0.15, 0.2) is 23.5 Å². The van der Waals surface area contributed by atoms with Crippen molar-refractivity contribution in [2.24, 2.45) is 5.73 Å². The van der Waals surface area contributed by atoms with E-state index in [2.05, 4.69) is 15.0 Å². The number of carbonyl (C=O) groups excluding carboxylic acids is 1. The molecule has 84 valence electrons. The summed E-state index contributed by atoms with van der Waals surface area (Å²) in [5.41, 5.74) is 5.42. The quantitative estimate of drug-likeness (QED) is 0.640. The monoisotopic (exact) mass is 241 g/mol. The number of nitrogens with one attached hydrogen (secondary N) is 2. The Balaban J connectivity index is 2.52. The normalized spacial score (nSPS) is 11.5. The van der Waals surface area contributed by atoms with Gasteiger partial charge in [0.1, 0.15) is 0 Å². The molecule has 0 radical (unpaired) electrons. The summed E-state index contributed by atoms with van der Waals surface area (Å²) in [5.74, 6) is 0. The number of aromatic amines is 1. The van der Waals surface area contributed by atoms with Crippen molar-refractivity contribution in [2.75, 3.05) is 0 Å².